The molecule has 0 amide bonds. The number of anilines is 1. The Hall–Kier alpha value is -1.24. The smallest absolute Gasteiger partial charge is 0.185 e. The van der Waals surface area contributed by atoms with Crippen molar-refractivity contribution in [2.24, 2.45) is 7.05 Å². The highest BCUT2D eigenvalue weighted by atomic mass is 35.5. The number of rotatable bonds is 3. The summed E-state index contributed by atoms with van der Waals surface area (Å²) >= 11 is 12.0. The Kier molecular flexibility index (Phi) is 4.00. The molecule has 1 aromatic heterocycles. The fourth-order valence-electron chi connectivity index (χ4n) is 1.86. The van der Waals surface area contributed by atoms with Gasteiger partial charge in [0.05, 0.1) is 32.1 Å². The largest absolute Gasteiger partial charge is 0.399 e. The Morgan fingerprint density at radius 3 is 2.50 bits per heavy atom. The van der Waals surface area contributed by atoms with Gasteiger partial charge in [0.15, 0.2) is 9.84 Å². The molecule has 2 rings (SSSR count). The van der Waals surface area contributed by atoms with Gasteiger partial charge in [0.2, 0.25) is 0 Å². The highest BCUT2D eigenvalue weighted by molar-refractivity contribution is 7.90. The van der Waals surface area contributed by atoms with Crippen LogP contribution < -0.4 is 5.73 Å². The summed E-state index contributed by atoms with van der Waals surface area (Å²) in [5.41, 5.74) is 6.98. The second kappa shape index (κ2) is 5.27. The minimum Gasteiger partial charge on any atom is -0.399 e. The van der Waals surface area contributed by atoms with Gasteiger partial charge in [-0.3, -0.25) is 4.68 Å². The predicted molar refractivity (Wildman–Crippen MR) is 79.7 cm³/mol. The molecule has 108 valence electrons. The summed E-state index contributed by atoms with van der Waals surface area (Å²) in [4.78, 5) is 0.0308. The molecule has 0 aliphatic rings. The molecule has 0 bridgehead atoms. The van der Waals surface area contributed by atoms with Gasteiger partial charge in [-0.05, 0) is 25.1 Å². The minimum absolute atomic E-state index is 0.0308. The zero-order valence-electron chi connectivity index (χ0n) is 10.9. The number of nitrogens with zero attached hydrogens (tertiary/aromatic N) is 2. The number of aryl methyl sites for hydroxylation is 2. The predicted octanol–water partition coefficient (Wildman–Crippen LogP) is 2.59. The quantitative estimate of drug-likeness (QED) is 0.875. The molecular weight excluding hydrogens is 321 g/mol. The molecule has 0 radical (unpaired) electrons. The molecule has 1 aromatic carbocycles. The second-order valence-corrected chi connectivity index (χ2v) is 7.16. The fraction of sp³-hybridized carbons (Fsp3) is 0.250. The molecule has 0 spiro atoms. The standard InChI is InChI=1S/C12H13Cl2N3O2S/c1-7-12(14)10(17(2)16-7)6-20(18,19)11-4-3-8(15)5-9(11)13/h3-5H,6,15H2,1-2H3. The molecule has 8 heteroatoms. The molecule has 0 aliphatic heterocycles. The lowest BCUT2D eigenvalue weighted by Gasteiger charge is -2.08. The summed E-state index contributed by atoms with van der Waals surface area (Å²) in [5.74, 6) is -0.271. The van der Waals surface area contributed by atoms with Gasteiger partial charge in [0, 0.05) is 12.7 Å². The average Bonchev–Trinajstić information content (AvgIpc) is 2.55. The van der Waals surface area contributed by atoms with Gasteiger partial charge in [-0.25, -0.2) is 8.42 Å². The maximum atomic E-state index is 12.4. The van der Waals surface area contributed by atoms with Crippen molar-refractivity contribution in [3.8, 4) is 0 Å². The number of benzene rings is 1. The highest BCUT2D eigenvalue weighted by Crippen LogP contribution is 2.29. The van der Waals surface area contributed by atoms with Crippen LogP contribution in [0.4, 0.5) is 5.69 Å². The van der Waals surface area contributed by atoms with E-state index in [2.05, 4.69) is 5.10 Å². The number of aromatic nitrogens is 2. The van der Waals surface area contributed by atoms with E-state index in [-0.39, 0.29) is 15.7 Å². The summed E-state index contributed by atoms with van der Waals surface area (Å²) in [6.07, 6.45) is 0. The first-order chi connectivity index (χ1) is 9.22. The number of hydrogen-bond acceptors (Lipinski definition) is 4. The molecule has 0 saturated heterocycles. The van der Waals surface area contributed by atoms with Gasteiger partial charge in [-0.15, -0.1) is 0 Å². The molecule has 0 unspecified atom stereocenters. The minimum atomic E-state index is -3.63. The first-order valence-electron chi connectivity index (χ1n) is 5.68. The lowest BCUT2D eigenvalue weighted by atomic mass is 10.3. The molecule has 0 aliphatic carbocycles. The van der Waals surface area contributed by atoms with Crippen LogP contribution in [0.25, 0.3) is 0 Å². The summed E-state index contributed by atoms with van der Waals surface area (Å²) in [5, 5.41) is 4.54. The Morgan fingerprint density at radius 1 is 1.35 bits per heavy atom. The van der Waals surface area contributed by atoms with Crippen LogP contribution in [0.1, 0.15) is 11.4 Å². The van der Waals surface area contributed by atoms with Crippen molar-refractivity contribution < 1.29 is 8.42 Å². The zero-order valence-corrected chi connectivity index (χ0v) is 13.2. The van der Waals surface area contributed by atoms with Crippen molar-refractivity contribution in [2.45, 2.75) is 17.6 Å². The molecule has 0 atom stereocenters. The van der Waals surface area contributed by atoms with Crippen LogP contribution in [0.2, 0.25) is 10.0 Å². The van der Waals surface area contributed by atoms with Crippen molar-refractivity contribution in [2.75, 3.05) is 5.73 Å². The lowest BCUT2D eigenvalue weighted by molar-refractivity contribution is 0.592. The third-order valence-electron chi connectivity index (χ3n) is 2.88. The van der Waals surface area contributed by atoms with E-state index < -0.39 is 9.84 Å². The van der Waals surface area contributed by atoms with Crippen LogP contribution in [0.5, 0.6) is 0 Å². The van der Waals surface area contributed by atoms with Crippen LogP contribution in [0.3, 0.4) is 0 Å². The Balaban J connectivity index is 2.46. The third-order valence-corrected chi connectivity index (χ3v) is 5.48. The van der Waals surface area contributed by atoms with Crippen molar-refractivity contribution in [3.05, 3.63) is 39.6 Å². The van der Waals surface area contributed by atoms with Crippen LogP contribution in [0, 0.1) is 6.92 Å². The number of halogens is 2. The number of hydrogen-bond donors (Lipinski definition) is 1. The lowest BCUT2D eigenvalue weighted by Crippen LogP contribution is -2.10. The first-order valence-corrected chi connectivity index (χ1v) is 8.09. The van der Waals surface area contributed by atoms with Gasteiger partial charge in [-0.1, -0.05) is 23.2 Å². The van der Waals surface area contributed by atoms with Crippen molar-refractivity contribution >= 4 is 38.7 Å². The van der Waals surface area contributed by atoms with E-state index in [1.54, 1.807) is 14.0 Å². The van der Waals surface area contributed by atoms with E-state index in [9.17, 15) is 8.42 Å². The number of sulfone groups is 1. The summed E-state index contributed by atoms with van der Waals surface area (Å²) in [7, 11) is -1.98. The van der Waals surface area contributed by atoms with Gasteiger partial charge in [0.1, 0.15) is 0 Å². The Morgan fingerprint density at radius 2 is 2.00 bits per heavy atom. The Labute approximate surface area is 127 Å². The van der Waals surface area contributed by atoms with Gasteiger partial charge in [0.25, 0.3) is 0 Å². The van der Waals surface area contributed by atoms with Gasteiger partial charge in [-0.2, -0.15) is 5.10 Å². The van der Waals surface area contributed by atoms with Crippen LogP contribution in [0.15, 0.2) is 23.1 Å². The molecule has 0 fully saturated rings. The first kappa shape index (κ1) is 15.2. The van der Waals surface area contributed by atoms with Crippen molar-refractivity contribution in [1.29, 1.82) is 0 Å². The van der Waals surface area contributed by atoms with E-state index in [0.29, 0.717) is 22.1 Å². The maximum Gasteiger partial charge on any atom is 0.185 e. The Bertz CT molecular complexity index is 769. The highest BCUT2D eigenvalue weighted by Gasteiger charge is 2.23. The zero-order chi connectivity index (χ0) is 15.1. The van der Waals surface area contributed by atoms with E-state index in [1.165, 1.54) is 22.9 Å². The topological polar surface area (TPSA) is 78.0 Å². The molecule has 2 aromatic rings. The summed E-state index contributed by atoms with van der Waals surface area (Å²) in [6, 6.07) is 4.30. The fourth-order valence-corrected chi connectivity index (χ4v) is 4.19. The SMILES string of the molecule is Cc1nn(C)c(CS(=O)(=O)c2ccc(N)cc2Cl)c1Cl. The van der Waals surface area contributed by atoms with Crippen molar-refractivity contribution in [3.63, 3.8) is 0 Å². The van der Waals surface area contributed by atoms with Crippen LogP contribution in [-0.4, -0.2) is 18.2 Å². The summed E-state index contributed by atoms with van der Waals surface area (Å²) in [6.45, 7) is 1.72. The van der Waals surface area contributed by atoms with E-state index >= 15 is 0 Å². The maximum absolute atomic E-state index is 12.4. The van der Waals surface area contributed by atoms with Crippen molar-refractivity contribution in [1.82, 2.24) is 9.78 Å². The molecule has 1 heterocycles. The summed E-state index contributed by atoms with van der Waals surface area (Å²) < 4.78 is 26.3. The molecule has 2 N–H and O–H groups in total. The number of nitrogen functional groups attached to an aromatic ring is 1. The van der Waals surface area contributed by atoms with Crippen LogP contribution in [-0.2, 0) is 22.6 Å². The molecule has 20 heavy (non-hydrogen) atoms. The van der Waals surface area contributed by atoms with Gasteiger partial charge >= 0.3 is 0 Å². The second-order valence-electron chi connectivity index (χ2n) is 4.42. The monoisotopic (exact) mass is 333 g/mol. The van der Waals surface area contributed by atoms with Crippen LogP contribution >= 0.6 is 23.2 Å². The number of nitrogens with two attached hydrogens (primary N) is 1. The third kappa shape index (κ3) is 2.77. The van der Waals surface area contributed by atoms with E-state index in [4.69, 9.17) is 28.9 Å². The van der Waals surface area contributed by atoms with Gasteiger partial charge < -0.3 is 5.73 Å². The molecule has 5 nitrogen and oxygen atoms in total. The van der Waals surface area contributed by atoms with E-state index in [1.807, 2.05) is 0 Å². The molecular formula is C12H13Cl2N3O2S. The average molecular weight is 334 g/mol. The molecule has 0 saturated carbocycles. The van der Waals surface area contributed by atoms with E-state index in [0.717, 1.165) is 0 Å². The normalized spacial score (nSPS) is 11.8.